The molecule has 1 N–H and O–H groups in total. The third-order valence-corrected chi connectivity index (χ3v) is 2.95. The summed E-state index contributed by atoms with van der Waals surface area (Å²) < 4.78 is 1.86. The minimum absolute atomic E-state index is 0.728. The first-order valence-electron chi connectivity index (χ1n) is 5.56. The molecule has 14 heavy (non-hydrogen) atoms. The topological polar surface area (TPSA) is 29.9 Å². The molecular weight excluding hydrogens is 174 g/mol. The maximum absolute atomic E-state index is 4.35. The largest absolute Gasteiger partial charge is 0.308 e. The maximum atomic E-state index is 4.35. The lowest BCUT2D eigenvalue weighted by molar-refractivity contribution is 0.370. The summed E-state index contributed by atoms with van der Waals surface area (Å²) in [5, 5.41) is 7.92. The number of aromatic nitrogens is 2. The van der Waals surface area contributed by atoms with Crippen molar-refractivity contribution in [2.75, 3.05) is 0 Å². The molecule has 0 aromatic carbocycles. The Morgan fingerprint density at radius 2 is 2.21 bits per heavy atom. The highest BCUT2D eigenvalue weighted by Crippen LogP contribution is 2.17. The summed E-state index contributed by atoms with van der Waals surface area (Å²) in [5.41, 5.74) is 1.15. The molecule has 0 amide bonds. The SMILES string of the molecule is Cn1ccc(CNC2CCCCC2)n1. The molecule has 78 valence electrons. The van der Waals surface area contributed by atoms with E-state index < -0.39 is 0 Å². The first-order chi connectivity index (χ1) is 6.84. The van der Waals surface area contributed by atoms with E-state index in [-0.39, 0.29) is 0 Å². The minimum Gasteiger partial charge on any atom is -0.308 e. The first kappa shape index (κ1) is 9.71. The van der Waals surface area contributed by atoms with Gasteiger partial charge in [-0.25, -0.2) is 0 Å². The quantitative estimate of drug-likeness (QED) is 0.794. The van der Waals surface area contributed by atoms with Crippen LogP contribution in [-0.4, -0.2) is 15.8 Å². The second-order valence-corrected chi connectivity index (χ2v) is 4.20. The van der Waals surface area contributed by atoms with Gasteiger partial charge in [-0.05, 0) is 18.9 Å². The van der Waals surface area contributed by atoms with Gasteiger partial charge in [0.2, 0.25) is 0 Å². The molecule has 3 nitrogen and oxygen atoms in total. The van der Waals surface area contributed by atoms with Gasteiger partial charge in [-0.2, -0.15) is 5.10 Å². The van der Waals surface area contributed by atoms with E-state index in [4.69, 9.17) is 0 Å². The van der Waals surface area contributed by atoms with Gasteiger partial charge >= 0.3 is 0 Å². The van der Waals surface area contributed by atoms with Gasteiger partial charge in [-0.15, -0.1) is 0 Å². The van der Waals surface area contributed by atoms with Gasteiger partial charge in [0.05, 0.1) is 5.69 Å². The van der Waals surface area contributed by atoms with Crippen LogP contribution in [-0.2, 0) is 13.6 Å². The van der Waals surface area contributed by atoms with Gasteiger partial charge in [0.1, 0.15) is 0 Å². The summed E-state index contributed by atoms with van der Waals surface area (Å²) in [6, 6.07) is 2.81. The monoisotopic (exact) mass is 193 g/mol. The number of nitrogens with zero attached hydrogens (tertiary/aromatic N) is 2. The highest BCUT2D eigenvalue weighted by molar-refractivity contribution is 4.98. The average Bonchev–Trinajstić information content (AvgIpc) is 2.63. The van der Waals surface area contributed by atoms with Crippen molar-refractivity contribution < 1.29 is 0 Å². The van der Waals surface area contributed by atoms with Gasteiger partial charge in [-0.3, -0.25) is 4.68 Å². The number of rotatable bonds is 3. The Kier molecular flexibility index (Phi) is 3.19. The molecule has 0 radical (unpaired) electrons. The van der Waals surface area contributed by atoms with Crippen molar-refractivity contribution in [3.8, 4) is 0 Å². The van der Waals surface area contributed by atoms with Gasteiger partial charge in [0.25, 0.3) is 0 Å². The van der Waals surface area contributed by atoms with Gasteiger partial charge in [-0.1, -0.05) is 19.3 Å². The Labute approximate surface area is 85.5 Å². The standard InChI is InChI=1S/C11H19N3/c1-14-8-7-11(13-14)9-12-10-5-3-2-4-6-10/h7-8,10,12H,2-6,9H2,1H3. The van der Waals surface area contributed by atoms with Crippen LogP contribution in [0.4, 0.5) is 0 Å². The molecule has 1 saturated carbocycles. The van der Waals surface area contributed by atoms with Crippen LogP contribution in [0.25, 0.3) is 0 Å². The predicted molar refractivity (Wildman–Crippen MR) is 56.9 cm³/mol. The molecule has 0 unspecified atom stereocenters. The molecule has 1 aromatic rings. The molecule has 1 aromatic heterocycles. The smallest absolute Gasteiger partial charge is 0.0762 e. The summed E-state index contributed by atoms with van der Waals surface area (Å²) in [5.74, 6) is 0. The normalized spacial score (nSPS) is 18.6. The molecule has 1 aliphatic rings. The van der Waals surface area contributed by atoms with Gasteiger partial charge in [0.15, 0.2) is 0 Å². The third-order valence-electron chi connectivity index (χ3n) is 2.95. The summed E-state index contributed by atoms with van der Waals surface area (Å²) in [6.07, 6.45) is 8.87. The second-order valence-electron chi connectivity index (χ2n) is 4.20. The van der Waals surface area contributed by atoms with Crippen LogP contribution >= 0.6 is 0 Å². The summed E-state index contributed by atoms with van der Waals surface area (Å²) >= 11 is 0. The molecular formula is C11H19N3. The fourth-order valence-electron chi connectivity index (χ4n) is 2.11. The lowest BCUT2D eigenvalue weighted by atomic mass is 9.95. The average molecular weight is 193 g/mol. The van der Waals surface area contributed by atoms with Crippen LogP contribution in [0.1, 0.15) is 37.8 Å². The van der Waals surface area contributed by atoms with Crippen molar-refractivity contribution in [1.82, 2.24) is 15.1 Å². The van der Waals surface area contributed by atoms with E-state index in [0.717, 1.165) is 18.3 Å². The number of nitrogens with one attached hydrogen (secondary N) is 1. The van der Waals surface area contributed by atoms with Crippen molar-refractivity contribution in [2.45, 2.75) is 44.7 Å². The fourth-order valence-corrected chi connectivity index (χ4v) is 2.11. The predicted octanol–water partition coefficient (Wildman–Crippen LogP) is 1.84. The summed E-state index contributed by atoms with van der Waals surface area (Å²) in [4.78, 5) is 0. The molecule has 0 spiro atoms. The molecule has 1 aliphatic carbocycles. The van der Waals surface area contributed by atoms with E-state index in [0.29, 0.717) is 0 Å². The zero-order valence-corrected chi connectivity index (χ0v) is 8.87. The van der Waals surface area contributed by atoms with Crippen LogP contribution < -0.4 is 5.32 Å². The number of aryl methyl sites for hydroxylation is 1. The van der Waals surface area contributed by atoms with Gasteiger partial charge in [0, 0.05) is 25.8 Å². The van der Waals surface area contributed by atoms with Crippen LogP contribution in [0.3, 0.4) is 0 Å². The molecule has 1 fully saturated rings. The van der Waals surface area contributed by atoms with Crippen LogP contribution in [0.15, 0.2) is 12.3 Å². The van der Waals surface area contributed by atoms with Crippen molar-refractivity contribution in [3.63, 3.8) is 0 Å². The second kappa shape index (κ2) is 4.60. The zero-order valence-electron chi connectivity index (χ0n) is 8.87. The van der Waals surface area contributed by atoms with E-state index in [9.17, 15) is 0 Å². The van der Waals surface area contributed by atoms with E-state index in [1.165, 1.54) is 32.1 Å². The van der Waals surface area contributed by atoms with E-state index >= 15 is 0 Å². The first-order valence-corrected chi connectivity index (χ1v) is 5.56. The number of hydrogen-bond acceptors (Lipinski definition) is 2. The number of hydrogen-bond donors (Lipinski definition) is 1. The molecule has 1 heterocycles. The third kappa shape index (κ3) is 2.58. The van der Waals surface area contributed by atoms with Crippen molar-refractivity contribution in [3.05, 3.63) is 18.0 Å². The van der Waals surface area contributed by atoms with Crippen molar-refractivity contribution in [2.24, 2.45) is 7.05 Å². The molecule has 0 bridgehead atoms. The molecule has 0 atom stereocenters. The van der Waals surface area contributed by atoms with Gasteiger partial charge < -0.3 is 5.32 Å². The maximum Gasteiger partial charge on any atom is 0.0762 e. The zero-order chi connectivity index (χ0) is 9.80. The minimum atomic E-state index is 0.728. The molecule has 0 saturated heterocycles. The Balaban J connectivity index is 1.76. The Morgan fingerprint density at radius 1 is 1.43 bits per heavy atom. The Hall–Kier alpha value is -0.830. The highest BCUT2D eigenvalue weighted by atomic mass is 15.3. The van der Waals surface area contributed by atoms with E-state index in [2.05, 4.69) is 16.5 Å². The van der Waals surface area contributed by atoms with Crippen molar-refractivity contribution in [1.29, 1.82) is 0 Å². The highest BCUT2D eigenvalue weighted by Gasteiger charge is 2.12. The fraction of sp³-hybridized carbons (Fsp3) is 0.727. The van der Waals surface area contributed by atoms with E-state index in [1.807, 2.05) is 17.9 Å². The lowest BCUT2D eigenvalue weighted by Crippen LogP contribution is -2.30. The summed E-state index contributed by atoms with van der Waals surface area (Å²) in [6.45, 7) is 0.922. The van der Waals surface area contributed by atoms with Crippen molar-refractivity contribution >= 4 is 0 Å². The molecule has 0 aliphatic heterocycles. The molecule has 3 heteroatoms. The Bertz CT molecular complexity index is 274. The Morgan fingerprint density at radius 3 is 2.86 bits per heavy atom. The van der Waals surface area contributed by atoms with Crippen LogP contribution in [0.2, 0.25) is 0 Å². The molecule has 2 rings (SSSR count). The lowest BCUT2D eigenvalue weighted by Gasteiger charge is -2.22. The van der Waals surface area contributed by atoms with Crippen LogP contribution in [0, 0.1) is 0 Å². The van der Waals surface area contributed by atoms with E-state index in [1.54, 1.807) is 0 Å². The summed E-state index contributed by atoms with van der Waals surface area (Å²) in [7, 11) is 1.96. The van der Waals surface area contributed by atoms with Crippen LogP contribution in [0.5, 0.6) is 0 Å².